The molecule has 0 amide bonds. The molecule has 0 N–H and O–H groups in total. The number of carbonyl (C=O) groups is 1. The number of Topliss-reactive ketones (excluding diaryl/α,β-unsaturated/α-hetero) is 1. The highest BCUT2D eigenvalue weighted by atomic mass is 16.1. The highest BCUT2D eigenvalue weighted by Crippen LogP contribution is 2.50. The lowest BCUT2D eigenvalue weighted by atomic mass is 9.58. The van der Waals surface area contributed by atoms with Crippen LogP contribution in [-0.4, -0.2) is 5.78 Å². The summed E-state index contributed by atoms with van der Waals surface area (Å²) in [4.78, 5) is 11.9. The van der Waals surface area contributed by atoms with Crippen LogP contribution in [0.15, 0.2) is 12.2 Å². The lowest BCUT2D eigenvalue weighted by Crippen LogP contribution is -2.39. The maximum atomic E-state index is 11.9. The van der Waals surface area contributed by atoms with Crippen molar-refractivity contribution in [1.82, 2.24) is 0 Å². The Bertz CT molecular complexity index is 379. The van der Waals surface area contributed by atoms with Crippen LogP contribution in [0.3, 0.4) is 0 Å². The van der Waals surface area contributed by atoms with Crippen molar-refractivity contribution in [3.63, 3.8) is 0 Å². The molecule has 0 aliphatic heterocycles. The summed E-state index contributed by atoms with van der Waals surface area (Å²) >= 11 is 0. The number of carbonyl (C=O) groups excluding carboxylic acids is 1. The second kappa shape index (κ2) is 6.67. The Morgan fingerprint density at radius 2 is 1.43 bits per heavy atom. The fourth-order valence-corrected chi connectivity index (χ4v) is 2.82. The Balaban J connectivity index is 5.25. The SMILES string of the molecule is CCC(C)(CC(C)(C)C(C)=O)C(C)(C)C=CCC(C)(C)C. The minimum atomic E-state index is -0.250. The van der Waals surface area contributed by atoms with Gasteiger partial charge < -0.3 is 0 Å². The Labute approximate surface area is 133 Å². The van der Waals surface area contributed by atoms with Gasteiger partial charge in [0.1, 0.15) is 5.78 Å². The fraction of sp³-hybridized carbons (Fsp3) is 0.850. The van der Waals surface area contributed by atoms with Gasteiger partial charge >= 0.3 is 0 Å². The number of ketones is 1. The molecule has 0 aliphatic carbocycles. The molecule has 0 radical (unpaired) electrons. The van der Waals surface area contributed by atoms with Gasteiger partial charge in [-0.05, 0) is 42.4 Å². The molecule has 1 nitrogen and oxygen atoms in total. The first kappa shape index (κ1) is 20.4. The molecule has 0 saturated heterocycles. The topological polar surface area (TPSA) is 17.1 Å². The summed E-state index contributed by atoms with van der Waals surface area (Å²) in [5.41, 5.74) is 0.282. The third-order valence-electron chi connectivity index (χ3n) is 5.39. The maximum Gasteiger partial charge on any atom is 0.135 e. The summed E-state index contributed by atoms with van der Waals surface area (Å²) in [5, 5.41) is 0. The van der Waals surface area contributed by atoms with Gasteiger partial charge in [0.2, 0.25) is 0 Å². The van der Waals surface area contributed by atoms with Crippen LogP contribution in [0.1, 0.15) is 88.5 Å². The molecule has 0 aromatic heterocycles. The van der Waals surface area contributed by atoms with Crippen molar-refractivity contribution in [1.29, 1.82) is 0 Å². The fourth-order valence-electron chi connectivity index (χ4n) is 2.82. The van der Waals surface area contributed by atoms with Crippen LogP contribution in [0.2, 0.25) is 0 Å². The van der Waals surface area contributed by atoms with E-state index in [0.29, 0.717) is 5.41 Å². The monoisotopic (exact) mass is 294 g/mol. The van der Waals surface area contributed by atoms with E-state index >= 15 is 0 Å². The highest BCUT2D eigenvalue weighted by molar-refractivity contribution is 5.81. The number of allylic oxidation sites excluding steroid dienone is 2. The molecule has 0 aliphatic rings. The highest BCUT2D eigenvalue weighted by Gasteiger charge is 2.42. The maximum absolute atomic E-state index is 11.9. The molecule has 0 fully saturated rings. The van der Waals surface area contributed by atoms with E-state index in [1.54, 1.807) is 6.92 Å². The molecule has 21 heavy (non-hydrogen) atoms. The molecule has 124 valence electrons. The zero-order valence-corrected chi connectivity index (χ0v) is 16.2. The summed E-state index contributed by atoms with van der Waals surface area (Å²) in [6.07, 6.45) is 7.80. The zero-order valence-electron chi connectivity index (χ0n) is 16.2. The molecular weight excluding hydrogens is 256 g/mol. The van der Waals surface area contributed by atoms with Crippen LogP contribution in [-0.2, 0) is 4.79 Å². The van der Waals surface area contributed by atoms with Crippen LogP contribution in [0.25, 0.3) is 0 Å². The third kappa shape index (κ3) is 5.96. The average Bonchev–Trinajstić information content (AvgIpc) is 2.25. The smallest absolute Gasteiger partial charge is 0.135 e. The summed E-state index contributed by atoms with van der Waals surface area (Å²) < 4.78 is 0. The van der Waals surface area contributed by atoms with E-state index in [9.17, 15) is 4.79 Å². The summed E-state index contributed by atoms with van der Waals surface area (Å²) in [5.74, 6) is 0.289. The number of rotatable bonds is 7. The summed E-state index contributed by atoms with van der Waals surface area (Å²) in [6.45, 7) is 21.9. The third-order valence-corrected chi connectivity index (χ3v) is 5.39. The largest absolute Gasteiger partial charge is 0.299 e. The van der Waals surface area contributed by atoms with Crippen molar-refractivity contribution in [3.8, 4) is 0 Å². The van der Waals surface area contributed by atoms with Crippen molar-refractivity contribution >= 4 is 5.78 Å². The minimum absolute atomic E-state index is 0.0831. The van der Waals surface area contributed by atoms with Gasteiger partial charge in [0, 0.05) is 5.41 Å². The quantitative estimate of drug-likeness (QED) is 0.495. The molecule has 0 aromatic rings. The van der Waals surface area contributed by atoms with Crippen LogP contribution in [0.5, 0.6) is 0 Å². The normalized spacial score (nSPS) is 17.0. The molecule has 0 heterocycles. The number of hydrogen-bond acceptors (Lipinski definition) is 1. The van der Waals surface area contributed by atoms with Gasteiger partial charge in [-0.25, -0.2) is 0 Å². The first-order valence-electron chi connectivity index (χ1n) is 8.36. The van der Waals surface area contributed by atoms with Crippen LogP contribution >= 0.6 is 0 Å². The van der Waals surface area contributed by atoms with Crippen molar-refractivity contribution < 1.29 is 4.79 Å². The van der Waals surface area contributed by atoms with Gasteiger partial charge in [-0.2, -0.15) is 0 Å². The van der Waals surface area contributed by atoms with Gasteiger partial charge in [0.05, 0.1) is 0 Å². The van der Waals surface area contributed by atoms with E-state index in [1.165, 1.54) is 0 Å². The standard InChI is InChI=1S/C20H38O/c1-11-20(10,15-18(6,7)16(2)21)19(8,9)14-12-13-17(3,4)5/h12,14H,11,13,15H2,1-10H3. The molecular formula is C20H38O. The average molecular weight is 295 g/mol. The lowest BCUT2D eigenvalue weighted by Gasteiger charge is -2.46. The van der Waals surface area contributed by atoms with Crippen LogP contribution in [0.4, 0.5) is 0 Å². The van der Waals surface area contributed by atoms with Crippen molar-refractivity contribution in [3.05, 3.63) is 12.2 Å². The first-order chi connectivity index (χ1) is 9.17. The van der Waals surface area contributed by atoms with Crippen molar-refractivity contribution in [2.45, 2.75) is 88.5 Å². The van der Waals surface area contributed by atoms with E-state index in [1.807, 2.05) is 0 Å². The molecule has 0 bridgehead atoms. The molecule has 1 atom stereocenters. The molecule has 0 aromatic carbocycles. The van der Waals surface area contributed by atoms with E-state index in [0.717, 1.165) is 19.3 Å². The van der Waals surface area contributed by atoms with Gasteiger partial charge in [-0.3, -0.25) is 4.79 Å². The predicted octanol–water partition coefficient (Wildman–Crippen LogP) is 6.43. The van der Waals surface area contributed by atoms with E-state index < -0.39 is 0 Å². The van der Waals surface area contributed by atoms with Gasteiger partial charge in [0.15, 0.2) is 0 Å². The predicted molar refractivity (Wildman–Crippen MR) is 94.5 cm³/mol. The van der Waals surface area contributed by atoms with Crippen LogP contribution in [0, 0.1) is 21.7 Å². The molecule has 0 spiro atoms. The van der Waals surface area contributed by atoms with Gasteiger partial charge in [-0.1, -0.05) is 74.5 Å². The van der Waals surface area contributed by atoms with E-state index in [4.69, 9.17) is 0 Å². The zero-order chi connectivity index (χ0) is 17.1. The number of hydrogen-bond donors (Lipinski definition) is 0. The van der Waals surface area contributed by atoms with Gasteiger partial charge in [0.25, 0.3) is 0 Å². The summed E-state index contributed by atoms with van der Waals surface area (Å²) in [6, 6.07) is 0. The Hall–Kier alpha value is -0.590. The lowest BCUT2D eigenvalue weighted by molar-refractivity contribution is -0.127. The van der Waals surface area contributed by atoms with Gasteiger partial charge in [-0.15, -0.1) is 0 Å². The van der Waals surface area contributed by atoms with Crippen molar-refractivity contribution in [2.75, 3.05) is 0 Å². The van der Waals surface area contributed by atoms with E-state index in [2.05, 4.69) is 74.5 Å². The molecule has 1 heteroatoms. The second-order valence-corrected chi connectivity index (χ2v) is 9.42. The first-order valence-corrected chi connectivity index (χ1v) is 8.36. The van der Waals surface area contributed by atoms with E-state index in [-0.39, 0.29) is 22.0 Å². The Morgan fingerprint density at radius 1 is 0.952 bits per heavy atom. The molecule has 1 unspecified atom stereocenters. The molecule has 0 rings (SSSR count). The summed E-state index contributed by atoms with van der Waals surface area (Å²) in [7, 11) is 0. The Kier molecular flexibility index (Phi) is 6.48. The van der Waals surface area contributed by atoms with Crippen LogP contribution < -0.4 is 0 Å². The Morgan fingerprint density at radius 3 is 1.76 bits per heavy atom. The molecule has 0 saturated carbocycles. The minimum Gasteiger partial charge on any atom is -0.299 e. The second-order valence-electron chi connectivity index (χ2n) is 9.42. The van der Waals surface area contributed by atoms with Crippen molar-refractivity contribution in [2.24, 2.45) is 21.7 Å².